The molecule has 1 aliphatic rings. The molecule has 0 spiro atoms. The molecule has 1 N–H and O–H groups in total. The number of carbonyl (C=O) groups excluding carboxylic acids is 1. The van der Waals surface area contributed by atoms with Crippen molar-refractivity contribution >= 4 is 5.91 Å². The highest BCUT2D eigenvalue weighted by molar-refractivity contribution is 5.76. The quantitative estimate of drug-likeness (QED) is 0.892. The van der Waals surface area contributed by atoms with E-state index in [0.29, 0.717) is 12.5 Å². The van der Waals surface area contributed by atoms with Gasteiger partial charge in [-0.2, -0.15) is 0 Å². The van der Waals surface area contributed by atoms with Crippen LogP contribution < -0.4 is 10.1 Å². The lowest BCUT2D eigenvalue weighted by Gasteiger charge is -2.32. The molecular formula is C16H24N2O2. The zero-order chi connectivity index (χ0) is 14.4. The number of nitrogens with zero attached hydrogens (tertiary/aromatic N) is 1. The first-order chi connectivity index (χ1) is 9.74. The highest BCUT2D eigenvalue weighted by atomic mass is 16.5. The van der Waals surface area contributed by atoms with Gasteiger partial charge in [-0.05, 0) is 37.9 Å². The zero-order valence-corrected chi connectivity index (χ0v) is 12.4. The van der Waals surface area contributed by atoms with Gasteiger partial charge in [-0.25, -0.2) is 0 Å². The van der Waals surface area contributed by atoms with Crippen LogP contribution in [0.5, 0.6) is 5.75 Å². The minimum Gasteiger partial charge on any atom is -0.496 e. The number of ether oxygens (including phenoxy) is 1. The van der Waals surface area contributed by atoms with Crippen molar-refractivity contribution in [2.45, 2.75) is 31.7 Å². The molecule has 1 aliphatic heterocycles. The lowest BCUT2D eigenvalue weighted by molar-refractivity contribution is -0.132. The van der Waals surface area contributed by atoms with E-state index in [-0.39, 0.29) is 5.91 Å². The van der Waals surface area contributed by atoms with Crippen molar-refractivity contribution in [3.05, 3.63) is 29.8 Å². The number of hydrogen-bond donors (Lipinski definition) is 1. The number of piperidine rings is 1. The van der Waals surface area contributed by atoms with E-state index in [1.54, 1.807) is 7.11 Å². The van der Waals surface area contributed by atoms with E-state index in [4.69, 9.17) is 4.74 Å². The molecule has 20 heavy (non-hydrogen) atoms. The topological polar surface area (TPSA) is 41.6 Å². The third-order valence-corrected chi connectivity index (χ3v) is 3.98. The van der Waals surface area contributed by atoms with Crippen molar-refractivity contribution in [3.8, 4) is 5.75 Å². The van der Waals surface area contributed by atoms with Gasteiger partial charge in [0.05, 0.1) is 7.11 Å². The standard InChI is InChI=1S/C16H24N2O2/c1-17-14-7-5-11-18(12-14)16(19)10-9-13-6-3-4-8-15(13)20-2/h3-4,6,8,14,17H,5,7,9-12H2,1-2H3. The van der Waals surface area contributed by atoms with Crippen LogP contribution in [0.2, 0.25) is 0 Å². The first kappa shape index (κ1) is 14.9. The van der Waals surface area contributed by atoms with Gasteiger partial charge in [-0.15, -0.1) is 0 Å². The van der Waals surface area contributed by atoms with Gasteiger partial charge >= 0.3 is 0 Å². The number of methoxy groups -OCH3 is 1. The number of amides is 1. The predicted molar refractivity (Wildman–Crippen MR) is 80.0 cm³/mol. The van der Waals surface area contributed by atoms with Gasteiger partial charge in [0.25, 0.3) is 0 Å². The Morgan fingerprint density at radius 3 is 3.00 bits per heavy atom. The number of nitrogens with one attached hydrogen (secondary N) is 1. The summed E-state index contributed by atoms with van der Waals surface area (Å²) in [6, 6.07) is 8.35. The van der Waals surface area contributed by atoms with Crippen LogP contribution in [0.4, 0.5) is 0 Å². The maximum atomic E-state index is 12.3. The molecule has 0 bridgehead atoms. The fourth-order valence-electron chi connectivity index (χ4n) is 2.75. The summed E-state index contributed by atoms with van der Waals surface area (Å²) >= 11 is 0. The summed E-state index contributed by atoms with van der Waals surface area (Å²) in [5, 5.41) is 3.27. The second kappa shape index (κ2) is 7.29. The van der Waals surface area contributed by atoms with Crippen molar-refractivity contribution in [2.75, 3.05) is 27.2 Å². The summed E-state index contributed by atoms with van der Waals surface area (Å²) in [7, 11) is 3.64. The fraction of sp³-hybridized carbons (Fsp3) is 0.562. The molecule has 0 aromatic heterocycles. The highest BCUT2D eigenvalue weighted by Gasteiger charge is 2.22. The molecule has 4 nitrogen and oxygen atoms in total. The van der Waals surface area contributed by atoms with Gasteiger partial charge in [0.2, 0.25) is 5.91 Å². The molecule has 1 aromatic carbocycles. The molecule has 0 saturated carbocycles. The minimum atomic E-state index is 0.246. The molecule has 1 heterocycles. The van der Waals surface area contributed by atoms with Gasteiger partial charge in [0, 0.05) is 25.6 Å². The van der Waals surface area contributed by atoms with Gasteiger partial charge in [0.15, 0.2) is 0 Å². The fourth-order valence-corrected chi connectivity index (χ4v) is 2.75. The average molecular weight is 276 g/mol. The molecule has 0 radical (unpaired) electrons. The summed E-state index contributed by atoms with van der Waals surface area (Å²) in [6.07, 6.45) is 3.54. The maximum Gasteiger partial charge on any atom is 0.222 e. The van der Waals surface area contributed by atoms with Crippen molar-refractivity contribution < 1.29 is 9.53 Å². The van der Waals surface area contributed by atoms with E-state index >= 15 is 0 Å². The Labute approximate surface area is 121 Å². The number of likely N-dealkylation sites (N-methyl/N-ethyl adjacent to an activating group) is 1. The van der Waals surface area contributed by atoms with Gasteiger partial charge in [-0.1, -0.05) is 18.2 Å². The molecule has 1 amide bonds. The second-order valence-corrected chi connectivity index (χ2v) is 5.28. The third-order valence-electron chi connectivity index (χ3n) is 3.98. The van der Waals surface area contributed by atoms with Crippen molar-refractivity contribution in [2.24, 2.45) is 0 Å². The number of para-hydroxylation sites is 1. The Bertz CT molecular complexity index is 448. The molecule has 2 rings (SSSR count). The number of likely N-dealkylation sites (tertiary alicyclic amines) is 1. The number of rotatable bonds is 5. The third kappa shape index (κ3) is 3.73. The van der Waals surface area contributed by atoms with Gasteiger partial charge in [-0.3, -0.25) is 4.79 Å². The van der Waals surface area contributed by atoms with E-state index in [2.05, 4.69) is 5.32 Å². The molecule has 1 saturated heterocycles. The Morgan fingerprint density at radius 2 is 2.25 bits per heavy atom. The summed E-state index contributed by atoms with van der Waals surface area (Å²) in [6.45, 7) is 1.73. The van der Waals surface area contributed by atoms with Crippen molar-refractivity contribution in [1.82, 2.24) is 10.2 Å². The van der Waals surface area contributed by atoms with Crippen molar-refractivity contribution in [3.63, 3.8) is 0 Å². The molecule has 0 aliphatic carbocycles. The number of aryl methyl sites for hydroxylation is 1. The molecule has 4 heteroatoms. The Kier molecular flexibility index (Phi) is 5.41. The first-order valence-corrected chi connectivity index (χ1v) is 7.31. The summed E-state index contributed by atoms with van der Waals surface area (Å²) in [5.74, 6) is 1.11. The highest BCUT2D eigenvalue weighted by Crippen LogP contribution is 2.20. The van der Waals surface area contributed by atoms with Crippen LogP contribution in [-0.4, -0.2) is 44.1 Å². The number of benzene rings is 1. The molecule has 110 valence electrons. The summed E-state index contributed by atoms with van der Waals surface area (Å²) in [4.78, 5) is 14.3. The van der Waals surface area contributed by atoms with Crippen molar-refractivity contribution in [1.29, 1.82) is 0 Å². The second-order valence-electron chi connectivity index (χ2n) is 5.28. The van der Waals surface area contributed by atoms with Crippen LogP contribution in [0.25, 0.3) is 0 Å². The number of hydrogen-bond acceptors (Lipinski definition) is 3. The van der Waals surface area contributed by atoms with E-state index in [0.717, 1.165) is 43.7 Å². The Balaban J connectivity index is 1.88. The Morgan fingerprint density at radius 1 is 1.45 bits per heavy atom. The average Bonchev–Trinajstić information content (AvgIpc) is 2.52. The largest absolute Gasteiger partial charge is 0.496 e. The van der Waals surface area contributed by atoms with Gasteiger partial charge < -0.3 is 15.0 Å². The molecule has 1 aromatic rings. The molecule has 1 unspecified atom stereocenters. The number of carbonyl (C=O) groups is 1. The Hall–Kier alpha value is -1.55. The van der Waals surface area contributed by atoms with E-state index in [9.17, 15) is 4.79 Å². The van der Waals surface area contributed by atoms with Crippen LogP contribution in [-0.2, 0) is 11.2 Å². The van der Waals surface area contributed by atoms with Crippen LogP contribution >= 0.6 is 0 Å². The maximum absolute atomic E-state index is 12.3. The monoisotopic (exact) mass is 276 g/mol. The lowest BCUT2D eigenvalue weighted by atomic mass is 10.0. The zero-order valence-electron chi connectivity index (χ0n) is 12.4. The van der Waals surface area contributed by atoms with E-state index < -0.39 is 0 Å². The SMILES string of the molecule is CNC1CCCN(C(=O)CCc2ccccc2OC)C1. The predicted octanol–water partition coefficient (Wildman–Crippen LogP) is 1.84. The van der Waals surface area contributed by atoms with Crippen LogP contribution in [0, 0.1) is 0 Å². The summed E-state index contributed by atoms with van der Waals surface area (Å²) < 4.78 is 5.32. The smallest absolute Gasteiger partial charge is 0.222 e. The van der Waals surface area contributed by atoms with Crippen LogP contribution in [0.3, 0.4) is 0 Å². The first-order valence-electron chi connectivity index (χ1n) is 7.31. The van der Waals surface area contributed by atoms with Crippen LogP contribution in [0.15, 0.2) is 24.3 Å². The summed E-state index contributed by atoms with van der Waals surface area (Å²) in [5.41, 5.74) is 1.10. The van der Waals surface area contributed by atoms with E-state index in [1.165, 1.54) is 0 Å². The minimum absolute atomic E-state index is 0.246. The normalized spacial score (nSPS) is 18.9. The van der Waals surface area contributed by atoms with Gasteiger partial charge in [0.1, 0.15) is 5.75 Å². The molecule has 1 fully saturated rings. The van der Waals surface area contributed by atoms with Crippen LogP contribution in [0.1, 0.15) is 24.8 Å². The molecular weight excluding hydrogens is 252 g/mol. The molecule has 1 atom stereocenters. The van der Waals surface area contributed by atoms with E-state index in [1.807, 2.05) is 36.2 Å². The lowest BCUT2D eigenvalue weighted by Crippen LogP contribution is -2.47.